The fourth-order valence-electron chi connectivity index (χ4n) is 4.84. The van der Waals surface area contributed by atoms with Crippen LogP contribution in [0.4, 0.5) is 5.82 Å². The summed E-state index contributed by atoms with van der Waals surface area (Å²) < 4.78 is 3.60. The van der Waals surface area contributed by atoms with Gasteiger partial charge in [0.2, 0.25) is 0 Å². The van der Waals surface area contributed by atoms with Gasteiger partial charge in [0.25, 0.3) is 0 Å². The molecule has 6 rings (SSSR count). The van der Waals surface area contributed by atoms with Crippen molar-refractivity contribution in [1.29, 1.82) is 0 Å². The number of hydrogen-bond donors (Lipinski definition) is 2. The van der Waals surface area contributed by atoms with Crippen LogP contribution in [0.5, 0.6) is 0 Å². The lowest BCUT2D eigenvalue weighted by Crippen LogP contribution is -2.32. The molecular formula is C26H25N7O. The van der Waals surface area contributed by atoms with Gasteiger partial charge in [0, 0.05) is 23.1 Å². The third-order valence-corrected chi connectivity index (χ3v) is 6.60. The molecule has 8 nitrogen and oxygen atoms in total. The molecular weight excluding hydrogens is 426 g/mol. The average Bonchev–Trinajstić information content (AvgIpc) is 3.46. The number of hydrogen-bond acceptors (Lipinski definition) is 6. The lowest BCUT2D eigenvalue weighted by molar-refractivity contribution is 0.0888. The van der Waals surface area contributed by atoms with E-state index < -0.39 is 0 Å². The first-order valence-corrected chi connectivity index (χ1v) is 11.6. The lowest BCUT2D eigenvalue weighted by atomic mass is 9.91. The summed E-state index contributed by atoms with van der Waals surface area (Å²) in [6.07, 6.45) is 5.10. The minimum absolute atomic E-state index is 0.0143. The molecule has 3 N–H and O–H groups in total. The fourth-order valence-corrected chi connectivity index (χ4v) is 4.84. The summed E-state index contributed by atoms with van der Waals surface area (Å²) in [6.45, 7) is 2.41. The molecule has 1 fully saturated rings. The van der Waals surface area contributed by atoms with Crippen LogP contribution < -0.4 is 11.1 Å². The molecule has 0 amide bonds. The Balaban J connectivity index is 1.42. The van der Waals surface area contributed by atoms with Crippen LogP contribution in [0.2, 0.25) is 0 Å². The fraction of sp³-hybridized carbons (Fsp3) is 0.231. The van der Waals surface area contributed by atoms with Crippen LogP contribution >= 0.6 is 0 Å². The van der Waals surface area contributed by atoms with Crippen LogP contribution in [0.1, 0.15) is 28.9 Å². The first kappa shape index (κ1) is 20.6. The smallest absolute Gasteiger partial charge is 0.184 e. The normalized spacial score (nSPS) is 14.7. The van der Waals surface area contributed by atoms with Crippen molar-refractivity contribution in [3.05, 3.63) is 78.4 Å². The minimum Gasteiger partial charge on any atom is -0.382 e. The summed E-state index contributed by atoms with van der Waals surface area (Å²) >= 11 is 0. The van der Waals surface area contributed by atoms with Crippen molar-refractivity contribution in [1.82, 2.24) is 29.7 Å². The molecule has 0 bridgehead atoms. The van der Waals surface area contributed by atoms with Crippen molar-refractivity contribution in [2.24, 2.45) is 5.92 Å². The molecule has 1 saturated heterocycles. The van der Waals surface area contributed by atoms with E-state index in [1.54, 1.807) is 4.52 Å². The molecule has 1 aliphatic rings. The van der Waals surface area contributed by atoms with Gasteiger partial charge in [0.15, 0.2) is 11.6 Å². The zero-order valence-electron chi connectivity index (χ0n) is 18.7. The Labute approximate surface area is 196 Å². The predicted molar refractivity (Wildman–Crippen MR) is 132 cm³/mol. The first-order chi connectivity index (χ1) is 16.7. The summed E-state index contributed by atoms with van der Waals surface area (Å²) in [5, 5.41) is 13.5. The van der Waals surface area contributed by atoms with Crippen LogP contribution in [-0.2, 0) is 6.54 Å². The number of nitrogens with two attached hydrogens (primary N) is 1. The molecule has 3 aromatic heterocycles. The highest BCUT2D eigenvalue weighted by atomic mass is 16.1. The Morgan fingerprint density at radius 3 is 2.74 bits per heavy atom. The van der Waals surface area contributed by atoms with E-state index in [9.17, 15) is 4.79 Å². The molecule has 1 aliphatic heterocycles. The van der Waals surface area contributed by atoms with Gasteiger partial charge >= 0.3 is 0 Å². The SMILES string of the molecule is Nc1ncnn2c(C(=O)C3CCNCC3)cc(-c3ccc4cn(Cc5ccccc5)nc4c3)c12. The van der Waals surface area contributed by atoms with Gasteiger partial charge in [-0.1, -0.05) is 42.5 Å². The number of nitrogens with zero attached hydrogens (tertiary/aromatic N) is 5. The van der Waals surface area contributed by atoms with Crippen molar-refractivity contribution < 1.29 is 4.79 Å². The third-order valence-electron chi connectivity index (χ3n) is 6.60. The van der Waals surface area contributed by atoms with E-state index >= 15 is 0 Å². The number of fused-ring (bicyclic) bond motifs is 2. The predicted octanol–water partition coefficient (Wildman–Crippen LogP) is 3.56. The van der Waals surface area contributed by atoms with Crippen molar-refractivity contribution in [3.63, 3.8) is 0 Å². The summed E-state index contributed by atoms with van der Waals surface area (Å²) in [6, 6.07) is 18.3. The van der Waals surface area contributed by atoms with Crippen molar-refractivity contribution in [2.45, 2.75) is 19.4 Å². The number of rotatable bonds is 5. The van der Waals surface area contributed by atoms with Crippen molar-refractivity contribution in [2.75, 3.05) is 18.8 Å². The van der Waals surface area contributed by atoms with Gasteiger partial charge in [0.05, 0.1) is 12.1 Å². The quantitative estimate of drug-likeness (QED) is 0.396. The van der Waals surface area contributed by atoms with Crippen LogP contribution in [0, 0.1) is 5.92 Å². The number of nitrogen functional groups attached to an aromatic ring is 1. The molecule has 4 heterocycles. The number of nitrogens with one attached hydrogen (secondary N) is 1. The Kier molecular flexibility index (Phi) is 5.07. The summed E-state index contributed by atoms with van der Waals surface area (Å²) in [4.78, 5) is 17.6. The molecule has 8 heteroatoms. The summed E-state index contributed by atoms with van der Waals surface area (Å²) in [5.74, 6) is 0.442. The van der Waals surface area contributed by atoms with Crippen LogP contribution in [0.15, 0.2) is 67.1 Å². The van der Waals surface area contributed by atoms with Crippen LogP contribution in [-0.4, -0.2) is 43.3 Å². The zero-order valence-corrected chi connectivity index (χ0v) is 18.7. The van der Waals surface area contributed by atoms with E-state index in [-0.39, 0.29) is 11.7 Å². The largest absolute Gasteiger partial charge is 0.382 e. The van der Waals surface area contributed by atoms with Crippen molar-refractivity contribution >= 4 is 28.0 Å². The molecule has 0 unspecified atom stereocenters. The lowest BCUT2D eigenvalue weighted by Gasteiger charge is -2.20. The van der Waals surface area contributed by atoms with Gasteiger partial charge in [0.1, 0.15) is 17.5 Å². The van der Waals surface area contributed by atoms with E-state index in [1.165, 1.54) is 11.9 Å². The van der Waals surface area contributed by atoms with Crippen molar-refractivity contribution in [3.8, 4) is 11.1 Å². The second-order valence-electron chi connectivity index (χ2n) is 8.82. The monoisotopic (exact) mass is 451 g/mol. The molecule has 0 spiro atoms. The highest BCUT2D eigenvalue weighted by molar-refractivity contribution is 6.02. The number of aromatic nitrogens is 5. The Bertz CT molecular complexity index is 1500. The molecule has 0 saturated carbocycles. The number of anilines is 1. The van der Waals surface area contributed by atoms with E-state index in [2.05, 4.69) is 33.6 Å². The molecule has 34 heavy (non-hydrogen) atoms. The standard InChI is InChI=1S/C26H25N7O/c27-26-24-21(13-23(33(24)30-16-29-26)25(34)18-8-10-28-11-9-18)19-6-7-20-15-32(31-22(20)12-19)14-17-4-2-1-3-5-17/h1-7,12-13,15-16,18,28H,8-11,14H2,(H2,27,29,30). The van der Waals surface area contributed by atoms with Gasteiger partial charge in [-0.25, -0.2) is 9.50 Å². The first-order valence-electron chi connectivity index (χ1n) is 11.6. The number of benzene rings is 2. The van der Waals surface area contributed by atoms with Gasteiger partial charge < -0.3 is 11.1 Å². The molecule has 0 aliphatic carbocycles. The topological polar surface area (TPSA) is 103 Å². The summed E-state index contributed by atoms with van der Waals surface area (Å²) in [5.41, 5.74) is 11.3. The Morgan fingerprint density at radius 1 is 1.09 bits per heavy atom. The van der Waals surface area contributed by atoms with E-state index in [4.69, 9.17) is 10.8 Å². The molecule has 0 atom stereocenters. The van der Waals surface area contributed by atoms with E-state index in [1.807, 2.05) is 47.3 Å². The molecule has 5 aromatic rings. The Hall–Kier alpha value is -4.04. The van der Waals surface area contributed by atoms with E-state index in [0.29, 0.717) is 23.6 Å². The van der Waals surface area contributed by atoms with Gasteiger partial charge in [-0.2, -0.15) is 10.2 Å². The van der Waals surface area contributed by atoms with Crippen LogP contribution in [0.25, 0.3) is 27.5 Å². The van der Waals surface area contributed by atoms with Gasteiger partial charge in [-0.15, -0.1) is 0 Å². The maximum Gasteiger partial charge on any atom is 0.184 e. The number of carbonyl (C=O) groups is 1. The summed E-state index contributed by atoms with van der Waals surface area (Å²) in [7, 11) is 0. The maximum atomic E-state index is 13.4. The molecule has 2 aromatic carbocycles. The second kappa shape index (κ2) is 8.39. The van der Waals surface area contributed by atoms with Crippen LogP contribution in [0.3, 0.4) is 0 Å². The third kappa shape index (κ3) is 3.62. The van der Waals surface area contributed by atoms with Gasteiger partial charge in [-0.05, 0) is 49.2 Å². The Morgan fingerprint density at radius 2 is 1.91 bits per heavy atom. The molecule has 0 radical (unpaired) electrons. The number of carbonyl (C=O) groups excluding carboxylic acids is 1. The minimum atomic E-state index is -0.0143. The second-order valence-corrected chi connectivity index (χ2v) is 8.82. The average molecular weight is 452 g/mol. The zero-order chi connectivity index (χ0) is 23.1. The highest BCUT2D eigenvalue weighted by Gasteiger charge is 2.27. The van der Waals surface area contributed by atoms with E-state index in [0.717, 1.165) is 48.0 Å². The highest BCUT2D eigenvalue weighted by Crippen LogP contribution is 2.33. The van der Waals surface area contributed by atoms with Gasteiger partial charge in [-0.3, -0.25) is 9.48 Å². The number of piperidine rings is 1. The molecule has 170 valence electrons. The maximum absolute atomic E-state index is 13.4. The number of Topliss-reactive ketones (excluding diaryl/α,β-unsaturated/α-hetero) is 1. The number of ketones is 1.